The van der Waals surface area contributed by atoms with E-state index in [1.54, 1.807) is 18.0 Å². The van der Waals surface area contributed by atoms with Crippen molar-refractivity contribution < 1.29 is 9.18 Å². The average molecular weight is 280 g/mol. The van der Waals surface area contributed by atoms with Crippen molar-refractivity contribution in [2.45, 2.75) is 18.9 Å². The quantitative estimate of drug-likeness (QED) is 0.644. The third-order valence-electron chi connectivity index (χ3n) is 3.89. The lowest BCUT2D eigenvalue weighted by molar-refractivity contribution is 0.0762. The van der Waals surface area contributed by atoms with Crippen molar-refractivity contribution in [2.24, 2.45) is 5.84 Å². The average Bonchev–Trinajstić information content (AvgIpc) is 2.83. The number of nitrogens with two attached hydrogens (primary N) is 1. The largest absolute Gasteiger partial charge is 0.340 e. The smallest absolute Gasteiger partial charge is 0.255 e. The van der Waals surface area contributed by atoms with Crippen molar-refractivity contribution in [2.75, 3.05) is 32.6 Å². The van der Waals surface area contributed by atoms with Gasteiger partial charge in [-0.2, -0.15) is 0 Å². The van der Waals surface area contributed by atoms with E-state index in [0.717, 1.165) is 19.4 Å². The molecule has 20 heavy (non-hydrogen) atoms. The predicted molar refractivity (Wildman–Crippen MR) is 76.8 cm³/mol. The molecule has 5 nitrogen and oxygen atoms in total. The highest BCUT2D eigenvalue weighted by Gasteiger charge is 2.25. The molecule has 1 aliphatic rings. The van der Waals surface area contributed by atoms with Crippen LogP contribution in [0, 0.1) is 5.82 Å². The summed E-state index contributed by atoms with van der Waals surface area (Å²) in [6, 6.07) is 4.73. The Hall–Kier alpha value is -1.66. The van der Waals surface area contributed by atoms with E-state index in [-0.39, 0.29) is 17.2 Å². The van der Waals surface area contributed by atoms with Gasteiger partial charge in [-0.05, 0) is 38.6 Å². The molecule has 1 amide bonds. The summed E-state index contributed by atoms with van der Waals surface area (Å²) in [5.41, 5.74) is 2.57. The van der Waals surface area contributed by atoms with Crippen molar-refractivity contribution in [3.8, 4) is 0 Å². The summed E-state index contributed by atoms with van der Waals surface area (Å²) in [5, 5.41) is 0. The van der Waals surface area contributed by atoms with E-state index in [4.69, 9.17) is 5.84 Å². The third-order valence-corrected chi connectivity index (χ3v) is 3.89. The van der Waals surface area contributed by atoms with E-state index < -0.39 is 5.82 Å². The van der Waals surface area contributed by atoms with Gasteiger partial charge in [0.2, 0.25) is 0 Å². The number of nitrogens with zero attached hydrogens (tertiary/aromatic N) is 2. The first-order valence-corrected chi connectivity index (χ1v) is 6.75. The van der Waals surface area contributed by atoms with Gasteiger partial charge in [0.1, 0.15) is 5.82 Å². The lowest BCUT2D eigenvalue weighted by Gasteiger charge is -2.26. The van der Waals surface area contributed by atoms with Gasteiger partial charge in [0, 0.05) is 19.6 Å². The minimum Gasteiger partial charge on any atom is -0.340 e. The lowest BCUT2D eigenvalue weighted by Crippen LogP contribution is -2.39. The molecule has 110 valence electrons. The highest BCUT2D eigenvalue weighted by atomic mass is 19.1. The molecule has 2 rings (SSSR count). The van der Waals surface area contributed by atoms with Gasteiger partial charge in [-0.3, -0.25) is 10.6 Å². The number of anilines is 1. The maximum atomic E-state index is 13.6. The van der Waals surface area contributed by atoms with E-state index in [1.165, 1.54) is 12.1 Å². The van der Waals surface area contributed by atoms with Crippen LogP contribution in [0.3, 0.4) is 0 Å². The van der Waals surface area contributed by atoms with Gasteiger partial charge in [-0.25, -0.2) is 4.39 Å². The van der Waals surface area contributed by atoms with Gasteiger partial charge in [0.05, 0.1) is 11.3 Å². The summed E-state index contributed by atoms with van der Waals surface area (Å²) >= 11 is 0. The highest BCUT2D eigenvalue weighted by molar-refractivity contribution is 5.99. The molecule has 0 aromatic heterocycles. The number of likely N-dealkylation sites (tertiary alicyclic amines) is 1. The number of hydrogen-bond donors (Lipinski definition) is 2. The van der Waals surface area contributed by atoms with Crippen LogP contribution in [-0.2, 0) is 0 Å². The topological polar surface area (TPSA) is 61.6 Å². The standard InChI is InChI=1S/C14H21FN4O/c1-18-8-4-5-10(18)9-19(2)14(20)11-6-3-7-12(15)13(11)17-16/h3,6-7,10,17H,4-5,8-9,16H2,1-2H3. The first-order chi connectivity index (χ1) is 9.54. The molecule has 1 aliphatic heterocycles. The second-order valence-electron chi connectivity index (χ2n) is 5.27. The molecule has 1 fully saturated rings. The monoisotopic (exact) mass is 280 g/mol. The Labute approximate surface area is 118 Å². The Morgan fingerprint density at radius 2 is 2.35 bits per heavy atom. The maximum absolute atomic E-state index is 13.6. The number of halogens is 1. The maximum Gasteiger partial charge on any atom is 0.255 e. The molecule has 1 aromatic rings. The summed E-state index contributed by atoms with van der Waals surface area (Å²) < 4.78 is 13.6. The molecule has 1 saturated heterocycles. The highest BCUT2D eigenvalue weighted by Crippen LogP contribution is 2.21. The number of amides is 1. The minimum atomic E-state index is -0.523. The zero-order valence-corrected chi connectivity index (χ0v) is 11.9. The van der Waals surface area contributed by atoms with Gasteiger partial charge in [0.15, 0.2) is 0 Å². The number of nitrogens with one attached hydrogen (secondary N) is 1. The van der Waals surface area contributed by atoms with Crippen molar-refractivity contribution in [3.63, 3.8) is 0 Å². The summed E-state index contributed by atoms with van der Waals surface area (Å²) in [4.78, 5) is 16.3. The zero-order chi connectivity index (χ0) is 14.7. The second kappa shape index (κ2) is 6.19. The van der Waals surface area contributed by atoms with Crippen LogP contribution in [0.4, 0.5) is 10.1 Å². The van der Waals surface area contributed by atoms with E-state index in [9.17, 15) is 9.18 Å². The molecule has 6 heteroatoms. The molecule has 1 heterocycles. The fourth-order valence-corrected chi connectivity index (χ4v) is 2.66. The molecule has 0 radical (unpaired) electrons. The number of nitrogen functional groups attached to an aromatic ring is 1. The van der Waals surface area contributed by atoms with Crippen LogP contribution in [0.15, 0.2) is 18.2 Å². The van der Waals surface area contributed by atoms with Crippen LogP contribution in [-0.4, -0.2) is 48.9 Å². The third kappa shape index (κ3) is 2.91. The van der Waals surface area contributed by atoms with E-state index in [2.05, 4.69) is 17.4 Å². The summed E-state index contributed by atoms with van der Waals surface area (Å²) in [6.45, 7) is 1.69. The second-order valence-corrected chi connectivity index (χ2v) is 5.27. The van der Waals surface area contributed by atoms with Gasteiger partial charge < -0.3 is 15.2 Å². The van der Waals surface area contributed by atoms with Crippen LogP contribution < -0.4 is 11.3 Å². The SMILES string of the molecule is CN(CC1CCCN1C)C(=O)c1cccc(F)c1NN. The molecule has 0 spiro atoms. The van der Waals surface area contributed by atoms with Crippen LogP contribution in [0.1, 0.15) is 23.2 Å². The van der Waals surface area contributed by atoms with Crippen LogP contribution in [0.25, 0.3) is 0 Å². The summed E-state index contributed by atoms with van der Waals surface area (Å²) in [5.74, 6) is 4.56. The molecule has 0 aliphatic carbocycles. The Morgan fingerprint density at radius 1 is 1.60 bits per heavy atom. The number of benzene rings is 1. The predicted octanol–water partition coefficient (Wildman–Crippen LogP) is 1.28. The number of carbonyl (C=O) groups excluding carboxylic acids is 1. The molecule has 3 N–H and O–H groups in total. The number of rotatable bonds is 4. The van der Waals surface area contributed by atoms with E-state index in [0.29, 0.717) is 12.6 Å². The van der Waals surface area contributed by atoms with Crippen molar-refractivity contribution in [1.82, 2.24) is 9.80 Å². The van der Waals surface area contributed by atoms with Crippen LogP contribution >= 0.6 is 0 Å². The van der Waals surface area contributed by atoms with E-state index in [1.807, 2.05) is 0 Å². The van der Waals surface area contributed by atoms with Crippen LogP contribution in [0.2, 0.25) is 0 Å². The van der Waals surface area contributed by atoms with E-state index >= 15 is 0 Å². The Morgan fingerprint density at radius 3 is 2.95 bits per heavy atom. The first kappa shape index (κ1) is 14.7. The first-order valence-electron chi connectivity index (χ1n) is 6.75. The molecule has 0 saturated carbocycles. The van der Waals surface area contributed by atoms with Crippen LogP contribution in [0.5, 0.6) is 0 Å². The van der Waals surface area contributed by atoms with Crippen molar-refractivity contribution in [1.29, 1.82) is 0 Å². The number of hydrogen-bond acceptors (Lipinski definition) is 4. The fraction of sp³-hybridized carbons (Fsp3) is 0.500. The number of para-hydroxylation sites is 1. The molecule has 0 bridgehead atoms. The fourth-order valence-electron chi connectivity index (χ4n) is 2.66. The van der Waals surface area contributed by atoms with Gasteiger partial charge >= 0.3 is 0 Å². The Bertz CT molecular complexity index is 494. The summed E-state index contributed by atoms with van der Waals surface area (Å²) in [7, 11) is 3.80. The van der Waals surface area contributed by atoms with Crippen molar-refractivity contribution >= 4 is 11.6 Å². The molecular formula is C14H21FN4O. The lowest BCUT2D eigenvalue weighted by atomic mass is 10.1. The van der Waals surface area contributed by atoms with Gasteiger partial charge in [0.25, 0.3) is 5.91 Å². The van der Waals surface area contributed by atoms with Gasteiger partial charge in [-0.1, -0.05) is 6.07 Å². The number of carbonyl (C=O) groups is 1. The Balaban J connectivity index is 2.12. The molecule has 1 atom stereocenters. The number of likely N-dealkylation sites (N-methyl/N-ethyl adjacent to an activating group) is 2. The summed E-state index contributed by atoms with van der Waals surface area (Å²) in [6.07, 6.45) is 2.23. The molecule has 1 unspecified atom stereocenters. The van der Waals surface area contributed by atoms with Gasteiger partial charge in [-0.15, -0.1) is 0 Å². The minimum absolute atomic E-state index is 0.0455. The normalized spacial score (nSPS) is 19.1. The molecular weight excluding hydrogens is 259 g/mol. The molecule has 1 aromatic carbocycles. The Kier molecular flexibility index (Phi) is 4.57. The zero-order valence-electron chi connectivity index (χ0n) is 11.9. The van der Waals surface area contributed by atoms with Crippen molar-refractivity contribution in [3.05, 3.63) is 29.6 Å². The number of hydrazine groups is 1.